The van der Waals surface area contributed by atoms with Crippen molar-refractivity contribution in [3.05, 3.63) is 36.0 Å². The van der Waals surface area contributed by atoms with Gasteiger partial charge in [0.15, 0.2) is 11.3 Å². The van der Waals surface area contributed by atoms with Crippen molar-refractivity contribution >= 4 is 22.4 Å². The number of carbonyl (C=O) groups is 1. The van der Waals surface area contributed by atoms with E-state index in [-0.39, 0.29) is 11.8 Å². The summed E-state index contributed by atoms with van der Waals surface area (Å²) in [6, 6.07) is 7.65. The minimum absolute atomic E-state index is 0.0824. The number of nitriles is 1. The second kappa shape index (κ2) is 6.51. The van der Waals surface area contributed by atoms with E-state index in [0.717, 1.165) is 16.0 Å². The third-order valence-electron chi connectivity index (χ3n) is 3.75. The van der Waals surface area contributed by atoms with Crippen LogP contribution in [0.15, 0.2) is 30.5 Å². The largest absolute Gasteiger partial charge is 0.310 e. The first-order valence-corrected chi connectivity index (χ1v) is 7.99. The van der Waals surface area contributed by atoms with E-state index in [1.165, 1.54) is 11.3 Å². The number of benzene rings is 1. The highest BCUT2D eigenvalue weighted by molar-refractivity contribution is 7.19. The Bertz CT molecular complexity index is 814. The van der Waals surface area contributed by atoms with Crippen LogP contribution in [0, 0.1) is 29.7 Å². The number of hydrogen-bond acceptors (Lipinski definition) is 5. The SMILES string of the molecule is C#Cc1cccc(-c2cnc(NC(=O)[C@H]3CCN(C#N)C3)s2)c1. The molecule has 1 fully saturated rings. The number of likely N-dealkylation sites (tertiary alicyclic amines) is 1. The van der Waals surface area contributed by atoms with Gasteiger partial charge in [0.2, 0.25) is 5.91 Å². The Morgan fingerprint density at radius 2 is 2.39 bits per heavy atom. The van der Waals surface area contributed by atoms with Gasteiger partial charge in [0, 0.05) is 24.8 Å². The van der Waals surface area contributed by atoms with Crippen LogP contribution in [0.2, 0.25) is 0 Å². The smallest absolute Gasteiger partial charge is 0.231 e. The number of rotatable bonds is 3. The Hall–Kier alpha value is -2.83. The fourth-order valence-electron chi connectivity index (χ4n) is 2.50. The number of anilines is 1. The number of terminal acetylenes is 1. The quantitative estimate of drug-likeness (QED) is 0.696. The molecule has 0 aliphatic carbocycles. The molecule has 114 valence electrons. The van der Waals surface area contributed by atoms with Crippen LogP contribution >= 0.6 is 11.3 Å². The summed E-state index contributed by atoms with van der Waals surface area (Å²) in [5.41, 5.74) is 1.79. The monoisotopic (exact) mass is 322 g/mol. The Balaban J connectivity index is 1.69. The number of thiazole rings is 1. The molecule has 5 nitrogen and oxygen atoms in total. The molecule has 0 bridgehead atoms. The van der Waals surface area contributed by atoms with Crippen molar-refractivity contribution in [2.75, 3.05) is 18.4 Å². The van der Waals surface area contributed by atoms with Gasteiger partial charge in [0.1, 0.15) is 0 Å². The molecule has 2 heterocycles. The molecule has 0 spiro atoms. The fourth-order valence-corrected chi connectivity index (χ4v) is 3.32. The van der Waals surface area contributed by atoms with E-state index in [1.54, 1.807) is 11.1 Å². The minimum Gasteiger partial charge on any atom is -0.310 e. The number of aromatic nitrogens is 1. The molecule has 1 atom stereocenters. The van der Waals surface area contributed by atoms with Crippen LogP contribution in [-0.2, 0) is 4.79 Å². The van der Waals surface area contributed by atoms with Gasteiger partial charge in [-0.25, -0.2) is 4.98 Å². The summed E-state index contributed by atoms with van der Waals surface area (Å²) < 4.78 is 0. The summed E-state index contributed by atoms with van der Waals surface area (Å²) in [5, 5.41) is 12.2. The Morgan fingerprint density at radius 1 is 1.52 bits per heavy atom. The normalized spacial score (nSPS) is 16.6. The molecule has 1 saturated heterocycles. The fraction of sp³-hybridized carbons (Fsp3) is 0.235. The molecule has 1 aliphatic heterocycles. The first kappa shape index (κ1) is 15.1. The average molecular weight is 322 g/mol. The van der Waals surface area contributed by atoms with Crippen molar-refractivity contribution in [1.82, 2.24) is 9.88 Å². The summed E-state index contributed by atoms with van der Waals surface area (Å²) in [6.45, 7) is 1.11. The van der Waals surface area contributed by atoms with Crippen molar-refractivity contribution in [3.8, 4) is 29.0 Å². The van der Waals surface area contributed by atoms with Gasteiger partial charge in [-0.05, 0) is 24.1 Å². The zero-order valence-corrected chi connectivity index (χ0v) is 13.1. The van der Waals surface area contributed by atoms with Gasteiger partial charge in [0.05, 0.1) is 10.8 Å². The Morgan fingerprint density at radius 3 is 3.13 bits per heavy atom. The van der Waals surface area contributed by atoms with E-state index in [4.69, 9.17) is 11.7 Å². The van der Waals surface area contributed by atoms with Crippen molar-refractivity contribution in [3.63, 3.8) is 0 Å². The molecule has 1 amide bonds. The van der Waals surface area contributed by atoms with Crippen LogP contribution in [-0.4, -0.2) is 28.9 Å². The zero-order valence-electron chi connectivity index (χ0n) is 12.3. The maximum atomic E-state index is 12.2. The summed E-state index contributed by atoms with van der Waals surface area (Å²) in [4.78, 5) is 19.0. The van der Waals surface area contributed by atoms with Crippen LogP contribution in [0.4, 0.5) is 5.13 Å². The van der Waals surface area contributed by atoms with E-state index in [0.29, 0.717) is 24.6 Å². The van der Waals surface area contributed by atoms with Crippen molar-refractivity contribution in [2.24, 2.45) is 5.92 Å². The number of hydrogen-bond donors (Lipinski definition) is 1. The van der Waals surface area contributed by atoms with Crippen molar-refractivity contribution in [1.29, 1.82) is 5.26 Å². The third-order valence-corrected chi connectivity index (χ3v) is 4.71. The topological polar surface area (TPSA) is 69.0 Å². The van der Waals surface area contributed by atoms with Crippen LogP contribution in [0.1, 0.15) is 12.0 Å². The number of carbonyl (C=O) groups excluding carboxylic acids is 1. The molecule has 1 aromatic heterocycles. The lowest BCUT2D eigenvalue weighted by atomic mass is 10.1. The van der Waals surface area contributed by atoms with E-state index in [2.05, 4.69) is 22.4 Å². The predicted octanol–water partition coefficient (Wildman–Crippen LogP) is 2.53. The van der Waals surface area contributed by atoms with Crippen LogP contribution in [0.5, 0.6) is 0 Å². The van der Waals surface area contributed by atoms with Gasteiger partial charge in [-0.15, -0.1) is 6.42 Å². The van der Waals surface area contributed by atoms with Gasteiger partial charge in [-0.3, -0.25) is 4.79 Å². The maximum Gasteiger partial charge on any atom is 0.231 e. The number of nitrogens with zero attached hydrogens (tertiary/aromatic N) is 3. The summed E-state index contributed by atoms with van der Waals surface area (Å²) in [5.74, 6) is 2.36. The predicted molar refractivity (Wildman–Crippen MR) is 89.4 cm³/mol. The molecular weight excluding hydrogens is 308 g/mol. The van der Waals surface area contributed by atoms with Gasteiger partial charge in [-0.2, -0.15) is 5.26 Å². The molecule has 2 aromatic rings. The maximum absolute atomic E-state index is 12.2. The van der Waals surface area contributed by atoms with E-state index in [9.17, 15) is 4.79 Å². The first-order chi connectivity index (χ1) is 11.2. The lowest BCUT2D eigenvalue weighted by Gasteiger charge is -2.08. The van der Waals surface area contributed by atoms with Crippen molar-refractivity contribution in [2.45, 2.75) is 6.42 Å². The highest BCUT2D eigenvalue weighted by Gasteiger charge is 2.28. The molecule has 1 aromatic carbocycles. The number of nitrogens with one attached hydrogen (secondary N) is 1. The second-order valence-corrected chi connectivity index (χ2v) is 6.31. The lowest BCUT2D eigenvalue weighted by Crippen LogP contribution is -2.25. The highest BCUT2D eigenvalue weighted by Crippen LogP contribution is 2.30. The molecule has 0 saturated carbocycles. The minimum atomic E-state index is -0.160. The molecule has 1 N–H and O–H groups in total. The molecule has 0 unspecified atom stereocenters. The van der Waals surface area contributed by atoms with Crippen LogP contribution in [0.25, 0.3) is 10.4 Å². The molecule has 1 aliphatic rings. The van der Waals surface area contributed by atoms with Gasteiger partial charge < -0.3 is 10.2 Å². The summed E-state index contributed by atoms with van der Waals surface area (Å²) in [6.07, 6.45) is 9.91. The van der Waals surface area contributed by atoms with E-state index >= 15 is 0 Å². The average Bonchev–Trinajstić information content (AvgIpc) is 3.24. The Labute approximate surface area is 138 Å². The molecule has 23 heavy (non-hydrogen) atoms. The Kier molecular flexibility index (Phi) is 4.27. The van der Waals surface area contributed by atoms with Gasteiger partial charge >= 0.3 is 0 Å². The highest BCUT2D eigenvalue weighted by atomic mass is 32.1. The third kappa shape index (κ3) is 3.33. The molecular formula is C17H14N4OS. The standard InChI is InChI=1S/C17H14N4OS/c1-2-12-4-3-5-13(8-12)15-9-19-17(23-15)20-16(22)14-6-7-21(10-14)11-18/h1,3-5,8-9,14H,6-7,10H2,(H,19,20,22)/t14-/m0/s1. The van der Waals surface area contributed by atoms with Crippen LogP contribution in [0.3, 0.4) is 0 Å². The van der Waals surface area contributed by atoms with Gasteiger partial charge in [-0.1, -0.05) is 29.4 Å². The summed E-state index contributed by atoms with van der Waals surface area (Å²) in [7, 11) is 0. The number of amides is 1. The first-order valence-electron chi connectivity index (χ1n) is 7.18. The zero-order chi connectivity index (χ0) is 16.2. The van der Waals surface area contributed by atoms with Crippen molar-refractivity contribution < 1.29 is 4.79 Å². The molecule has 0 radical (unpaired) electrons. The van der Waals surface area contributed by atoms with Crippen LogP contribution < -0.4 is 5.32 Å². The second-order valence-electron chi connectivity index (χ2n) is 5.28. The summed E-state index contributed by atoms with van der Waals surface area (Å²) >= 11 is 1.41. The lowest BCUT2D eigenvalue weighted by molar-refractivity contribution is -0.119. The van der Waals surface area contributed by atoms with Gasteiger partial charge in [0.25, 0.3) is 0 Å². The molecule has 3 rings (SSSR count). The molecule has 6 heteroatoms. The van der Waals surface area contributed by atoms with E-state index < -0.39 is 0 Å². The van der Waals surface area contributed by atoms with E-state index in [1.807, 2.05) is 24.3 Å².